The summed E-state index contributed by atoms with van der Waals surface area (Å²) in [5.74, 6) is -1.14. The van der Waals surface area contributed by atoms with Crippen LogP contribution in [0.5, 0.6) is 0 Å². The Morgan fingerprint density at radius 3 is 2.30 bits per heavy atom. The lowest BCUT2D eigenvalue weighted by atomic mass is 9.85. The van der Waals surface area contributed by atoms with Crippen molar-refractivity contribution >= 4 is 46.0 Å². The molecular formula is C21H25IN2O3. The first kappa shape index (κ1) is 20.0. The van der Waals surface area contributed by atoms with Crippen molar-refractivity contribution < 1.29 is 14.4 Å². The lowest BCUT2D eigenvalue weighted by Gasteiger charge is -2.27. The molecule has 2 aliphatic rings. The summed E-state index contributed by atoms with van der Waals surface area (Å²) in [5, 5.41) is 2.94. The van der Waals surface area contributed by atoms with Crippen LogP contribution < -0.4 is 5.32 Å². The number of benzene rings is 1. The number of imide groups is 1. The standard InChI is InChI=1S/C21H25IN2O3/c1-12(2)10-18(19(25)23-17-9-8-14(22)11-13(17)3)24-20(26)15-6-4-5-7-16(15)21(24)27/h4-5,8-9,11-12,15-16,18H,6-7,10H2,1-3H3,(H,23,25). The number of hydrogen-bond acceptors (Lipinski definition) is 3. The number of fused-ring (bicyclic) bond motifs is 1. The molecule has 6 heteroatoms. The molecule has 3 unspecified atom stereocenters. The molecule has 1 aromatic carbocycles. The smallest absolute Gasteiger partial charge is 0.247 e. The van der Waals surface area contributed by atoms with Crippen molar-refractivity contribution in [3.63, 3.8) is 0 Å². The highest BCUT2D eigenvalue weighted by Gasteiger charge is 2.51. The molecule has 144 valence electrons. The number of anilines is 1. The number of amides is 3. The van der Waals surface area contributed by atoms with E-state index >= 15 is 0 Å². The minimum Gasteiger partial charge on any atom is -0.324 e. The lowest BCUT2D eigenvalue weighted by molar-refractivity contribution is -0.147. The van der Waals surface area contributed by atoms with Crippen LogP contribution in [0.4, 0.5) is 5.69 Å². The SMILES string of the molecule is Cc1cc(I)ccc1NC(=O)C(CC(C)C)N1C(=O)C2CC=CCC2C1=O. The molecule has 3 atom stereocenters. The summed E-state index contributed by atoms with van der Waals surface area (Å²) in [4.78, 5) is 40.2. The fourth-order valence-corrected chi connectivity index (χ4v) is 4.54. The summed E-state index contributed by atoms with van der Waals surface area (Å²) in [7, 11) is 0. The first-order chi connectivity index (χ1) is 12.8. The highest BCUT2D eigenvalue weighted by Crippen LogP contribution is 2.37. The lowest BCUT2D eigenvalue weighted by Crippen LogP contribution is -2.48. The summed E-state index contributed by atoms with van der Waals surface area (Å²) in [5.41, 5.74) is 1.67. The van der Waals surface area contributed by atoms with Crippen molar-refractivity contribution in [1.29, 1.82) is 0 Å². The van der Waals surface area contributed by atoms with Gasteiger partial charge in [0.25, 0.3) is 0 Å². The predicted octanol–water partition coefficient (Wildman–Crippen LogP) is 3.90. The van der Waals surface area contributed by atoms with E-state index < -0.39 is 6.04 Å². The first-order valence-corrected chi connectivity index (χ1v) is 10.5. The third-order valence-corrected chi connectivity index (χ3v) is 5.97. The van der Waals surface area contributed by atoms with Crippen LogP contribution in [0, 0.1) is 28.2 Å². The molecule has 0 aromatic heterocycles. The van der Waals surface area contributed by atoms with Crippen molar-refractivity contribution in [3.8, 4) is 0 Å². The van der Waals surface area contributed by atoms with Gasteiger partial charge in [-0.1, -0.05) is 26.0 Å². The fraction of sp³-hybridized carbons (Fsp3) is 0.476. The molecule has 0 saturated carbocycles. The van der Waals surface area contributed by atoms with Crippen LogP contribution in [0.1, 0.15) is 38.7 Å². The van der Waals surface area contributed by atoms with Gasteiger partial charge in [-0.3, -0.25) is 19.3 Å². The van der Waals surface area contributed by atoms with Crippen molar-refractivity contribution in [3.05, 3.63) is 39.5 Å². The maximum absolute atomic E-state index is 13.1. The summed E-state index contributed by atoms with van der Waals surface area (Å²) < 4.78 is 1.09. The normalized spacial score (nSPS) is 22.9. The summed E-state index contributed by atoms with van der Waals surface area (Å²) in [6.07, 6.45) is 5.54. The number of rotatable bonds is 5. The van der Waals surface area contributed by atoms with E-state index in [0.717, 1.165) is 9.13 Å². The number of likely N-dealkylation sites (tertiary alicyclic amines) is 1. The number of carbonyl (C=O) groups is 3. The van der Waals surface area contributed by atoms with E-state index in [9.17, 15) is 14.4 Å². The topological polar surface area (TPSA) is 66.5 Å². The molecule has 3 rings (SSSR count). The Hall–Kier alpha value is -1.70. The molecule has 1 aliphatic heterocycles. The maximum Gasteiger partial charge on any atom is 0.247 e. The average molecular weight is 480 g/mol. The number of hydrogen-bond donors (Lipinski definition) is 1. The van der Waals surface area contributed by atoms with Gasteiger partial charge in [-0.25, -0.2) is 0 Å². The van der Waals surface area contributed by atoms with E-state index in [1.807, 2.05) is 51.1 Å². The number of nitrogens with one attached hydrogen (secondary N) is 1. The van der Waals surface area contributed by atoms with Crippen LogP contribution in [-0.4, -0.2) is 28.7 Å². The molecule has 1 fully saturated rings. The van der Waals surface area contributed by atoms with Crippen LogP contribution in [0.25, 0.3) is 0 Å². The molecule has 1 N–H and O–H groups in total. The molecule has 1 saturated heterocycles. The van der Waals surface area contributed by atoms with Gasteiger partial charge in [0.2, 0.25) is 17.7 Å². The fourth-order valence-electron chi connectivity index (χ4n) is 3.89. The first-order valence-electron chi connectivity index (χ1n) is 9.38. The summed E-state index contributed by atoms with van der Waals surface area (Å²) in [6.45, 7) is 5.92. The van der Waals surface area contributed by atoms with Gasteiger partial charge in [0.15, 0.2) is 0 Å². The van der Waals surface area contributed by atoms with Crippen molar-refractivity contribution in [2.75, 3.05) is 5.32 Å². The molecular weight excluding hydrogens is 455 g/mol. The number of allylic oxidation sites excluding steroid dienone is 2. The predicted molar refractivity (Wildman–Crippen MR) is 113 cm³/mol. The Morgan fingerprint density at radius 1 is 1.19 bits per heavy atom. The summed E-state index contributed by atoms with van der Waals surface area (Å²) in [6, 6.07) is 5.00. The largest absolute Gasteiger partial charge is 0.324 e. The molecule has 3 amide bonds. The maximum atomic E-state index is 13.1. The van der Waals surface area contributed by atoms with E-state index in [4.69, 9.17) is 0 Å². The number of halogens is 1. The Labute approximate surface area is 173 Å². The van der Waals surface area contributed by atoms with E-state index in [0.29, 0.717) is 24.9 Å². The van der Waals surface area contributed by atoms with Crippen molar-refractivity contribution in [2.45, 2.75) is 46.1 Å². The second-order valence-electron chi connectivity index (χ2n) is 7.80. The zero-order chi connectivity index (χ0) is 19.7. The van der Waals surface area contributed by atoms with Crippen LogP contribution in [0.3, 0.4) is 0 Å². The van der Waals surface area contributed by atoms with Crippen LogP contribution >= 0.6 is 22.6 Å². The van der Waals surface area contributed by atoms with Crippen LogP contribution in [0.15, 0.2) is 30.4 Å². The molecule has 1 aromatic rings. The van der Waals surface area contributed by atoms with Gasteiger partial charge in [-0.15, -0.1) is 0 Å². The van der Waals surface area contributed by atoms with Gasteiger partial charge in [0.05, 0.1) is 11.8 Å². The minimum atomic E-state index is -0.769. The van der Waals surface area contributed by atoms with Gasteiger partial charge in [0.1, 0.15) is 6.04 Å². The third-order valence-electron chi connectivity index (χ3n) is 5.30. The quantitative estimate of drug-likeness (QED) is 0.395. The van der Waals surface area contributed by atoms with E-state index in [-0.39, 0.29) is 35.5 Å². The van der Waals surface area contributed by atoms with Crippen molar-refractivity contribution in [2.24, 2.45) is 17.8 Å². The number of aryl methyl sites for hydroxylation is 1. The highest BCUT2D eigenvalue weighted by atomic mass is 127. The molecule has 0 radical (unpaired) electrons. The van der Waals surface area contributed by atoms with E-state index in [2.05, 4.69) is 27.9 Å². The Morgan fingerprint density at radius 2 is 1.78 bits per heavy atom. The number of carbonyl (C=O) groups excluding carboxylic acids is 3. The molecule has 5 nitrogen and oxygen atoms in total. The van der Waals surface area contributed by atoms with Crippen LogP contribution in [0.2, 0.25) is 0 Å². The molecule has 0 spiro atoms. The molecule has 1 aliphatic carbocycles. The average Bonchev–Trinajstić information content (AvgIpc) is 2.86. The second kappa shape index (κ2) is 8.12. The molecule has 1 heterocycles. The Bertz CT molecular complexity index is 777. The zero-order valence-corrected chi connectivity index (χ0v) is 18.0. The van der Waals surface area contributed by atoms with Gasteiger partial charge < -0.3 is 5.32 Å². The number of nitrogens with zero attached hydrogens (tertiary/aromatic N) is 1. The van der Waals surface area contributed by atoms with E-state index in [1.54, 1.807) is 0 Å². The van der Waals surface area contributed by atoms with Gasteiger partial charge >= 0.3 is 0 Å². The van der Waals surface area contributed by atoms with E-state index in [1.165, 1.54) is 4.90 Å². The minimum absolute atomic E-state index is 0.180. The summed E-state index contributed by atoms with van der Waals surface area (Å²) >= 11 is 2.22. The van der Waals surface area contributed by atoms with Gasteiger partial charge in [0, 0.05) is 9.26 Å². The zero-order valence-electron chi connectivity index (χ0n) is 15.9. The Balaban J connectivity index is 1.86. The van der Waals surface area contributed by atoms with Crippen LogP contribution in [-0.2, 0) is 14.4 Å². The molecule has 27 heavy (non-hydrogen) atoms. The highest BCUT2D eigenvalue weighted by molar-refractivity contribution is 14.1. The Kier molecular flexibility index (Phi) is 6.03. The van der Waals surface area contributed by atoms with Crippen molar-refractivity contribution in [1.82, 2.24) is 4.90 Å². The van der Waals surface area contributed by atoms with Gasteiger partial charge in [-0.2, -0.15) is 0 Å². The monoisotopic (exact) mass is 480 g/mol. The second-order valence-corrected chi connectivity index (χ2v) is 9.04. The van der Waals surface area contributed by atoms with Gasteiger partial charge in [-0.05, 0) is 78.5 Å². The third kappa shape index (κ3) is 4.10. The molecule has 0 bridgehead atoms.